The van der Waals surface area contributed by atoms with Gasteiger partial charge in [-0.05, 0) is 50.2 Å². The smallest absolute Gasteiger partial charge is 0.338 e. The van der Waals surface area contributed by atoms with Gasteiger partial charge in [-0.15, -0.1) is 0 Å². The second-order valence-corrected chi connectivity index (χ2v) is 5.62. The minimum Gasteiger partial charge on any atom is -0.462 e. The summed E-state index contributed by atoms with van der Waals surface area (Å²) in [4.78, 5) is 24.7. The van der Waals surface area contributed by atoms with Crippen molar-refractivity contribution in [1.82, 2.24) is 4.57 Å². The Balaban J connectivity index is 2.39. The van der Waals surface area contributed by atoms with Crippen molar-refractivity contribution < 1.29 is 9.53 Å². The summed E-state index contributed by atoms with van der Waals surface area (Å²) >= 11 is 6.08. The van der Waals surface area contributed by atoms with Crippen molar-refractivity contribution >= 4 is 39.4 Å². The van der Waals surface area contributed by atoms with Crippen molar-refractivity contribution in [2.24, 2.45) is 0 Å². The predicted octanol–water partition coefficient (Wildman–Crippen LogP) is 4.00. The van der Waals surface area contributed by atoms with E-state index in [0.29, 0.717) is 34.5 Å². The molecular weight excluding hydrogens is 314 g/mol. The SMILES string of the molecule is CCOC(=O)c1ccc2c(c1)c(=O)c1ccc(Cl)cc1n2CC. The van der Waals surface area contributed by atoms with E-state index >= 15 is 0 Å². The van der Waals surface area contributed by atoms with Gasteiger partial charge in [0.2, 0.25) is 0 Å². The maximum atomic E-state index is 12.8. The summed E-state index contributed by atoms with van der Waals surface area (Å²) in [6, 6.07) is 10.3. The van der Waals surface area contributed by atoms with Gasteiger partial charge in [-0.2, -0.15) is 0 Å². The summed E-state index contributed by atoms with van der Waals surface area (Å²) < 4.78 is 7.03. The second-order valence-electron chi connectivity index (χ2n) is 5.19. The summed E-state index contributed by atoms with van der Waals surface area (Å²) in [5, 5.41) is 1.68. The normalized spacial score (nSPS) is 11.1. The molecule has 1 aromatic heterocycles. The number of pyridine rings is 1. The minimum atomic E-state index is -0.423. The average Bonchev–Trinajstić information content (AvgIpc) is 2.55. The van der Waals surface area contributed by atoms with Gasteiger partial charge in [0.25, 0.3) is 0 Å². The van der Waals surface area contributed by atoms with Crippen molar-refractivity contribution in [2.75, 3.05) is 6.61 Å². The number of aryl methyl sites for hydroxylation is 1. The van der Waals surface area contributed by atoms with E-state index in [2.05, 4.69) is 0 Å². The number of halogens is 1. The van der Waals surface area contributed by atoms with Crippen LogP contribution in [-0.2, 0) is 11.3 Å². The zero-order valence-electron chi connectivity index (χ0n) is 12.9. The lowest BCUT2D eigenvalue weighted by atomic mass is 10.1. The second kappa shape index (κ2) is 6.05. The first-order chi connectivity index (χ1) is 11.1. The number of ether oxygens (including phenoxy) is 1. The molecule has 0 saturated carbocycles. The first-order valence-electron chi connectivity index (χ1n) is 7.49. The predicted molar refractivity (Wildman–Crippen MR) is 92.4 cm³/mol. The molecular formula is C18H16ClNO3. The van der Waals surface area contributed by atoms with Crippen molar-refractivity contribution in [3.63, 3.8) is 0 Å². The van der Waals surface area contributed by atoms with Crippen LogP contribution in [0.15, 0.2) is 41.2 Å². The standard InChI is InChI=1S/C18H16ClNO3/c1-3-20-15-8-5-11(18(22)23-4-2)9-14(15)17(21)13-7-6-12(19)10-16(13)20/h5-10H,3-4H2,1-2H3. The molecule has 0 saturated heterocycles. The van der Waals surface area contributed by atoms with Crippen LogP contribution in [0.5, 0.6) is 0 Å². The maximum Gasteiger partial charge on any atom is 0.338 e. The van der Waals surface area contributed by atoms with Crippen LogP contribution in [0.2, 0.25) is 5.02 Å². The van der Waals surface area contributed by atoms with Crippen molar-refractivity contribution in [3.8, 4) is 0 Å². The van der Waals surface area contributed by atoms with E-state index in [9.17, 15) is 9.59 Å². The molecule has 0 spiro atoms. The number of esters is 1. The third kappa shape index (κ3) is 2.59. The van der Waals surface area contributed by atoms with Crippen LogP contribution in [0.4, 0.5) is 0 Å². The van der Waals surface area contributed by atoms with Crippen LogP contribution in [0, 0.1) is 0 Å². The molecule has 118 valence electrons. The molecule has 0 N–H and O–H groups in total. The Morgan fingerprint density at radius 3 is 2.57 bits per heavy atom. The van der Waals surface area contributed by atoms with Gasteiger partial charge in [0, 0.05) is 22.3 Å². The lowest BCUT2D eigenvalue weighted by Gasteiger charge is -2.14. The van der Waals surface area contributed by atoms with E-state index in [0.717, 1.165) is 11.0 Å². The summed E-state index contributed by atoms with van der Waals surface area (Å²) in [6.45, 7) is 4.74. The lowest BCUT2D eigenvalue weighted by Crippen LogP contribution is -2.12. The van der Waals surface area contributed by atoms with E-state index in [-0.39, 0.29) is 5.43 Å². The number of hydrogen-bond donors (Lipinski definition) is 0. The molecule has 4 nitrogen and oxygen atoms in total. The Morgan fingerprint density at radius 1 is 1.09 bits per heavy atom. The molecule has 0 bridgehead atoms. The molecule has 3 aromatic rings. The summed E-state index contributed by atoms with van der Waals surface area (Å²) in [5.41, 5.74) is 1.84. The van der Waals surface area contributed by atoms with E-state index in [4.69, 9.17) is 16.3 Å². The van der Waals surface area contributed by atoms with Crippen molar-refractivity contribution in [2.45, 2.75) is 20.4 Å². The monoisotopic (exact) mass is 329 g/mol. The summed E-state index contributed by atoms with van der Waals surface area (Å²) in [6.07, 6.45) is 0. The van der Waals surface area contributed by atoms with Crippen LogP contribution in [-0.4, -0.2) is 17.1 Å². The van der Waals surface area contributed by atoms with E-state index < -0.39 is 5.97 Å². The number of rotatable bonds is 3. The maximum absolute atomic E-state index is 12.8. The highest BCUT2D eigenvalue weighted by Gasteiger charge is 2.14. The Kier molecular flexibility index (Phi) is 4.09. The van der Waals surface area contributed by atoms with Gasteiger partial charge in [-0.1, -0.05) is 11.6 Å². The van der Waals surface area contributed by atoms with Gasteiger partial charge >= 0.3 is 5.97 Å². The molecule has 0 unspecified atom stereocenters. The van der Waals surface area contributed by atoms with Crippen molar-refractivity contribution in [1.29, 1.82) is 0 Å². The molecule has 0 radical (unpaired) electrons. The average molecular weight is 330 g/mol. The third-order valence-corrected chi connectivity index (χ3v) is 4.09. The lowest BCUT2D eigenvalue weighted by molar-refractivity contribution is 0.0526. The fourth-order valence-corrected chi connectivity index (χ4v) is 3.00. The Hall–Kier alpha value is -2.33. The summed E-state index contributed by atoms with van der Waals surface area (Å²) in [7, 11) is 0. The van der Waals surface area contributed by atoms with Crippen LogP contribution < -0.4 is 5.43 Å². The fourth-order valence-electron chi connectivity index (χ4n) is 2.83. The zero-order chi connectivity index (χ0) is 16.6. The van der Waals surface area contributed by atoms with Gasteiger partial charge in [0.15, 0.2) is 5.43 Å². The topological polar surface area (TPSA) is 48.3 Å². The molecule has 23 heavy (non-hydrogen) atoms. The Morgan fingerprint density at radius 2 is 1.87 bits per heavy atom. The highest BCUT2D eigenvalue weighted by Crippen LogP contribution is 2.23. The Labute approximate surface area is 138 Å². The van der Waals surface area contributed by atoms with Crippen LogP contribution in [0.25, 0.3) is 21.8 Å². The fraction of sp³-hybridized carbons (Fsp3) is 0.222. The molecule has 1 heterocycles. The third-order valence-electron chi connectivity index (χ3n) is 3.85. The zero-order valence-corrected chi connectivity index (χ0v) is 13.7. The highest BCUT2D eigenvalue weighted by molar-refractivity contribution is 6.31. The quantitative estimate of drug-likeness (QED) is 0.539. The molecule has 2 aromatic carbocycles. The molecule has 0 amide bonds. The van der Waals surface area contributed by atoms with Crippen LogP contribution >= 0.6 is 11.6 Å². The molecule has 0 aliphatic rings. The molecule has 0 fully saturated rings. The highest BCUT2D eigenvalue weighted by atomic mass is 35.5. The van der Waals surface area contributed by atoms with E-state index in [1.807, 2.05) is 11.5 Å². The minimum absolute atomic E-state index is 0.109. The molecule has 0 aliphatic heterocycles. The number of benzene rings is 2. The number of aromatic nitrogens is 1. The molecule has 0 atom stereocenters. The van der Waals surface area contributed by atoms with Crippen LogP contribution in [0.1, 0.15) is 24.2 Å². The first kappa shape index (κ1) is 15.6. The van der Waals surface area contributed by atoms with E-state index in [1.54, 1.807) is 43.3 Å². The number of nitrogens with zero attached hydrogens (tertiary/aromatic N) is 1. The van der Waals surface area contributed by atoms with Gasteiger partial charge in [0.05, 0.1) is 23.2 Å². The van der Waals surface area contributed by atoms with Gasteiger partial charge in [0.1, 0.15) is 0 Å². The molecule has 0 aliphatic carbocycles. The van der Waals surface area contributed by atoms with E-state index in [1.165, 1.54) is 0 Å². The first-order valence-corrected chi connectivity index (χ1v) is 7.87. The van der Waals surface area contributed by atoms with Crippen molar-refractivity contribution in [3.05, 3.63) is 57.2 Å². The Bertz CT molecular complexity index is 975. The van der Waals surface area contributed by atoms with Crippen LogP contribution in [0.3, 0.4) is 0 Å². The number of hydrogen-bond acceptors (Lipinski definition) is 3. The number of carbonyl (C=O) groups excluding carboxylic acids is 1. The number of carbonyl (C=O) groups is 1. The molecule has 3 rings (SSSR count). The number of fused-ring (bicyclic) bond motifs is 2. The molecule has 5 heteroatoms. The van der Waals surface area contributed by atoms with Gasteiger partial charge in [-0.3, -0.25) is 4.79 Å². The summed E-state index contributed by atoms with van der Waals surface area (Å²) in [5.74, 6) is -0.423. The van der Waals surface area contributed by atoms with Gasteiger partial charge < -0.3 is 9.30 Å². The largest absolute Gasteiger partial charge is 0.462 e. The van der Waals surface area contributed by atoms with Gasteiger partial charge in [-0.25, -0.2) is 4.79 Å².